The average Bonchev–Trinajstić information content (AvgIpc) is 3.98. The highest BCUT2D eigenvalue weighted by Gasteiger charge is 2.53. The van der Waals surface area contributed by atoms with Crippen molar-refractivity contribution >= 4 is 34.9 Å². The molecule has 3 amide bonds. The quantitative estimate of drug-likeness (QED) is 0.149. The monoisotopic (exact) mass is 810 g/mol. The first-order valence-electron chi connectivity index (χ1n) is 20.6. The van der Waals surface area contributed by atoms with Gasteiger partial charge in [-0.3, -0.25) is 19.3 Å². The molecule has 2 atom stereocenters. The van der Waals surface area contributed by atoms with Crippen LogP contribution in [0.2, 0.25) is 0 Å². The molecular formula is C44H58N8O5S. The van der Waals surface area contributed by atoms with E-state index in [0.717, 1.165) is 66.5 Å². The van der Waals surface area contributed by atoms with Crippen molar-refractivity contribution in [2.24, 2.45) is 16.7 Å². The normalized spacial score (nSPS) is 19.8. The molecule has 4 aromatic rings. The first-order valence-corrected chi connectivity index (χ1v) is 21.5. The number of amides is 3. The molecule has 5 heterocycles. The third-order valence-corrected chi connectivity index (χ3v) is 13.1. The summed E-state index contributed by atoms with van der Waals surface area (Å²) in [6, 6.07) is 13.3. The summed E-state index contributed by atoms with van der Waals surface area (Å²) in [4.78, 5) is 56.9. The van der Waals surface area contributed by atoms with Crippen LogP contribution in [0.4, 0.5) is 5.82 Å². The number of pyridine rings is 1. The fourth-order valence-electron chi connectivity index (χ4n) is 9.46. The number of ether oxygens (including phenoxy) is 1. The topological polar surface area (TPSA) is 146 Å². The van der Waals surface area contributed by atoms with Crippen molar-refractivity contribution in [2.45, 2.75) is 92.3 Å². The Hall–Kier alpha value is -4.82. The number of carbonyl (C=O) groups excluding carboxylic acids is 3. The summed E-state index contributed by atoms with van der Waals surface area (Å²) >= 11 is 1.61. The number of likely N-dealkylation sites (tertiary alicyclic amines) is 1. The number of benzene rings is 1. The van der Waals surface area contributed by atoms with Crippen LogP contribution in [0.3, 0.4) is 0 Å². The zero-order valence-corrected chi connectivity index (χ0v) is 35.7. The summed E-state index contributed by atoms with van der Waals surface area (Å²) in [5, 5.41) is 10.5. The summed E-state index contributed by atoms with van der Waals surface area (Å²) < 4.78 is 11.7. The Balaban J connectivity index is 0.854. The van der Waals surface area contributed by atoms with Crippen LogP contribution in [0.15, 0.2) is 58.7 Å². The number of hydrogen-bond acceptors (Lipinski definition) is 11. The third kappa shape index (κ3) is 9.07. The van der Waals surface area contributed by atoms with E-state index < -0.39 is 12.0 Å². The summed E-state index contributed by atoms with van der Waals surface area (Å²) in [7, 11) is 0. The van der Waals surface area contributed by atoms with Crippen molar-refractivity contribution in [2.75, 3.05) is 50.8 Å². The number of rotatable bonds is 14. The van der Waals surface area contributed by atoms with Gasteiger partial charge in [0.15, 0.2) is 5.76 Å². The molecule has 0 spiro atoms. The lowest BCUT2D eigenvalue weighted by Gasteiger charge is -2.57. The number of thiazole rings is 1. The van der Waals surface area contributed by atoms with Crippen LogP contribution in [0.1, 0.15) is 94.1 Å². The zero-order valence-electron chi connectivity index (χ0n) is 34.9. The number of aryl methyl sites for hydroxylation is 1. The van der Waals surface area contributed by atoms with E-state index in [1.54, 1.807) is 28.5 Å². The molecule has 7 rings (SSSR count). The first-order chi connectivity index (χ1) is 27.7. The maximum atomic E-state index is 14.0. The van der Waals surface area contributed by atoms with E-state index in [0.29, 0.717) is 49.9 Å². The van der Waals surface area contributed by atoms with E-state index in [1.165, 1.54) is 0 Å². The van der Waals surface area contributed by atoms with Crippen LogP contribution < -0.4 is 20.3 Å². The highest BCUT2D eigenvalue weighted by atomic mass is 32.1. The SMILES string of the molecule is Cc1ncsc1-c1ccc(CNC(=O)[C@@H]2CCCN2C(=O)[C@H](c2cc(OCCN3CCN(c4ccc(C(=O)NC5C(C)(C)CC5(C)C)cn4)CC3)no2)C(C)C)cc1. The minimum Gasteiger partial charge on any atom is -0.474 e. The third-order valence-electron chi connectivity index (χ3n) is 12.1. The molecule has 0 unspecified atom stereocenters. The van der Waals surface area contributed by atoms with Crippen LogP contribution in [0, 0.1) is 23.7 Å². The number of piperazine rings is 1. The minimum absolute atomic E-state index is 0.0718. The summed E-state index contributed by atoms with van der Waals surface area (Å²) in [6.45, 7) is 20.1. The molecule has 2 N–H and O–H groups in total. The Kier molecular flexibility index (Phi) is 12.3. The van der Waals surface area contributed by atoms with Crippen molar-refractivity contribution < 1.29 is 23.6 Å². The lowest BCUT2D eigenvalue weighted by atomic mass is 9.52. The molecule has 13 nitrogen and oxygen atoms in total. The lowest BCUT2D eigenvalue weighted by Crippen LogP contribution is -2.63. The molecule has 14 heteroatoms. The second-order valence-corrected chi connectivity index (χ2v) is 18.7. The molecule has 1 aliphatic carbocycles. The first kappa shape index (κ1) is 41.3. The van der Waals surface area contributed by atoms with E-state index in [4.69, 9.17) is 9.26 Å². The van der Waals surface area contributed by atoms with E-state index in [1.807, 2.05) is 50.5 Å². The lowest BCUT2D eigenvalue weighted by molar-refractivity contribution is -0.140. The van der Waals surface area contributed by atoms with E-state index >= 15 is 0 Å². The molecule has 2 aliphatic heterocycles. The van der Waals surface area contributed by atoms with Gasteiger partial charge >= 0.3 is 0 Å². The largest absolute Gasteiger partial charge is 0.474 e. The molecule has 3 aliphatic rings. The molecule has 58 heavy (non-hydrogen) atoms. The van der Waals surface area contributed by atoms with Crippen molar-refractivity contribution in [1.29, 1.82) is 0 Å². The van der Waals surface area contributed by atoms with Crippen molar-refractivity contribution in [3.8, 4) is 16.3 Å². The highest BCUT2D eigenvalue weighted by molar-refractivity contribution is 7.13. The van der Waals surface area contributed by atoms with Gasteiger partial charge in [0.25, 0.3) is 11.8 Å². The Labute approximate surface area is 345 Å². The predicted molar refractivity (Wildman–Crippen MR) is 225 cm³/mol. The fourth-order valence-corrected chi connectivity index (χ4v) is 10.3. The summed E-state index contributed by atoms with van der Waals surface area (Å²) in [5.74, 6) is 0.632. The molecule has 3 fully saturated rings. The maximum absolute atomic E-state index is 14.0. The van der Waals surface area contributed by atoms with Gasteiger partial charge in [0.05, 0.1) is 21.6 Å². The van der Waals surface area contributed by atoms with Gasteiger partial charge in [-0.05, 0) is 71.4 Å². The van der Waals surface area contributed by atoms with Gasteiger partial charge in [-0.2, -0.15) is 0 Å². The van der Waals surface area contributed by atoms with Gasteiger partial charge in [-0.25, -0.2) is 9.97 Å². The van der Waals surface area contributed by atoms with Gasteiger partial charge < -0.3 is 29.7 Å². The van der Waals surface area contributed by atoms with Gasteiger partial charge in [0, 0.05) is 64.1 Å². The highest BCUT2D eigenvalue weighted by Crippen LogP contribution is 2.53. The molecule has 1 aromatic carbocycles. The predicted octanol–water partition coefficient (Wildman–Crippen LogP) is 6.30. The van der Waals surface area contributed by atoms with E-state index in [2.05, 4.69) is 75.4 Å². The number of carbonyl (C=O) groups is 3. The standard InChI is InChI=1S/C44H58N8O5S/c1-28(2)37(41(55)52-16-8-9-33(52)40(54)46-24-30-10-12-31(13-11-30)38-29(3)47-27-58-38)34-23-36(49-57-34)56-22-21-50-17-19-51(20-18-50)35-15-14-32(25-45-35)39(53)48-42-43(4,5)26-44(42,6)7/h10-15,23,25,27-28,33,37,42H,8-9,16-22,24,26H2,1-7H3,(H,46,54)(H,48,53)/t33-,37-/m0/s1. The fraction of sp³-hybridized carbons (Fsp3) is 0.545. The number of nitrogens with one attached hydrogen (secondary N) is 2. The Morgan fingerprint density at radius 3 is 2.36 bits per heavy atom. The van der Waals surface area contributed by atoms with Crippen LogP contribution >= 0.6 is 11.3 Å². The Bertz CT molecular complexity index is 2040. The minimum atomic E-state index is -0.590. The van der Waals surface area contributed by atoms with Crippen LogP contribution in [0.5, 0.6) is 5.88 Å². The number of nitrogens with zero attached hydrogens (tertiary/aromatic N) is 6. The molecule has 0 radical (unpaired) electrons. The van der Waals surface area contributed by atoms with Crippen molar-refractivity contribution in [3.63, 3.8) is 0 Å². The smallest absolute Gasteiger partial charge is 0.254 e. The Morgan fingerprint density at radius 2 is 1.72 bits per heavy atom. The van der Waals surface area contributed by atoms with Crippen LogP contribution in [-0.4, -0.2) is 101 Å². The second kappa shape index (κ2) is 17.2. The maximum Gasteiger partial charge on any atom is 0.254 e. The van der Waals surface area contributed by atoms with Gasteiger partial charge in [-0.15, -0.1) is 11.3 Å². The van der Waals surface area contributed by atoms with Gasteiger partial charge in [0.1, 0.15) is 24.4 Å². The van der Waals surface area contributed by atoms with Gasteiger partial charge in [0.2, 0.25) is 11.8 Å². The van der Waals surface area contributed by atoms with E-state index in [9.17, 15) is 14.4 Å². The van der Waals surface area contributed by atoms with Gasteiger partial charge in [-0.1, -0.05) is 65.8 Å². The summed E-state index contributed by atoms with van der Waals surface area (Å²) in [6.07, 6.45) is 4.14. The molecular weight excluding hydrogens is 753 g/mol. The van der Waals surface area contributed by atoms with Crippen LogP contribution in [0.25, 0.3) is 10.4 Å². The average molecular weight is 811 g/mol. The number of anilines is 1. The summed E-state index contributed by atoms with van der Waals surface area (Å²) in [5.41, 5.74) is 5.71. The zero-order chi connectivity index (χ0) is 41.2. The number of aromatic nitrogens is 3. The molecule has 2 saturated heterocycles. The number of hydrogen-bond donors (Lipinski definition) is 2. The molecule has 3 aromatic heterocycles. The molecule has 1 saturated carbocycles. The Morgan fingerprint density at radius 1 is 0.983 bits per heavy atom. The van der Waals surface area contributed by atoms with E-state index in [-0.39, 0.29) is 40.5 Å². The van der Waals surface area contributed by atoms with Crippen molar-refractivity contribution in [3.05, 3.63) is 76.8 Å². The van der Waals surface area contributed by atoms with Crippen molar-refractivity contribution in [1.82, 2.24) is 35.6 Å². The van der Waals surface area contributed by atoms with Crippen LogP contribution in [-0.2, 0) is 16.1 Å². The second-order valence-electron chi connectivity index (χ2n) is 17.8. The molecule has 310 valence electrons. The molecule has 0 bridgehead atoms.